The average Bonchev–Trinajstić information content (AvgIpc) is 3.24. The fourth-order valence-corrected chi connectivity index (χ4v) is 4.67. The molecule has 5 rings (SSSR count). The second-order valence-electron chi connectivity index (χ2n) is 6.99. The third-order valence-corrected chi connectivity index (χ3v) is 6.38. The molecule has 0 aliphatic heterocycles. The summed E-state index contributed by atoms with van der Waals surface area (Å²) >= 11 is 0. The van der Waals surface area contributed by atoms with Gasteiger partial charge in [0.15, 0.2) is 5.03 Å². The van der Waals surface area contributed by atoms with Crippen molar-refractivity contribution in [1.82, 2.24) is 14.4 Å². The molecule has 0 saturated carbocycles. The van der Waals surface area contributed by atoms with E-state index in [9.17, 15) is 8.42 Å². The van der Waals surface area contributed by atoms with Crippen LogP contribution in [0.5, 0.6) is 0 Å². The van der Waals surface area contributed by atoms with Crippen molar-refractivity contribution >= 4 is 38.3 Å². The fourth-order valence-electron chi connectivity index (χ4n) is 3.50. The first-order valence-electron chi connectivity index (χ1n) is 9.50. The van der Waals surface area contributed by atoms with Crippen LogP contribution in [0.1, 0.15) is 5.69 Å². The molecule has 0 radical (unpaired) electrons. The van der Waals surface area contributed by atoms with Gasteiger partial charge in [0, 0.05) is 24.2 Å². The molecule has 0 amide bonds. The SMILES string of the molecule is N=Cc1ncc(-c2ccc3ccccc3c2)cc1NS(=O)(=O)c1cnc2ccccn12. The number of sulfonamides is 1. The van der Waals surface area contributed by atoms with Crippen molar-refractivity contribution in [3.63, 3.8) is 0 Å². The Morgan fingerprint density at radius 1 is 0.871 bits per heavy atom. The maximum atomic E-state index is 13.1. The summed E-state index contributed by atoms with van der Waals surface area (Å²) in [6.07, 6.45) is 5.60. The van der Waals surface area contributed by atoms with Crippen molar-refractivity contribution in [1.29, 1.82) is 5.41 Å². The van der Waals surface area contributed by atoms with E-state index in [1.54, 1.807) is 36.7 Å². The summed E-state index contributed by atoms with van der Waals surface area (Å²) in [6, 6.07) is 20.9. The van der Waals surface area contributed by atoms with Gasteiger partial charge in [-0.1, -0.05) is 42.5 Å². The van der Waals surface area contributed by atoms with Crippen molar-refractivity contribution in [2.24, 2.45) is 0 Å². The molecule has 0 atom stereocenters. The Bertz CT molecular complexity index is 1560. The van der Waals surface area contributed by atoms with Crippen LogP contribution in [-0.2, 0) is 10.0 Å². The van der Waals surface area contributed by atoms with Gasteiger partial charge in [-0.2, -0.15) is 8.42 Å². The van der Waals surface area contributed by atoms with Crippen molar-refractivity contribution in [3.8, 4) is 11.1 Å². The summed E-state index contributed by atoms with van der Waals surface area (Å²) < 4.78 is 30.3. The van der Waals surface area contributed by atoms with E-state index in [1.165, 1.54) is 10.6 Å². The van der Waals surface area contributed by atoms with Crippen LogP contribution >= 0.6 is 0 Å². The lowest BCUT2D eigenvalue weighted by atomic mass is 10.0. The second kappa shape index (κ2) is 7.33. The van der Waals surface area contributed by atoms with Crippen LogP contribution < -0.4 is 4.72 Å². The molecule has 3 aromatic heterocycles. The number of hydrogen-bond donors (Lipinski definition) is 2. The van der Waals surface area contributed by atoms with Gasteiger partial charge < -0.3 is 5.41 Å². The minimum atomic E-state index is -3.96. The zero-order chi connectivity index (χ0) is 21.4. The molecule has 0 spiro atoms. The number of imidazole rings is 1. The van der Waals surface area contributed by atoms with Gasteiger partial charge in [0.2, 0.25) is 0 Å². The molecule has 8 heteroatoms. The van der Waals surface area contributed by atoms with Crippen molar-refractivity contribution in [2.45, 2.75) is 5.03 Å². The first kappa shape index (κ1) is 19.0. The number of hydrogen-bond acceptors (Lipinski definition) is 5. The Balaban J connectivity index is 1.57. The van der Waals surface area contributed by atoms with Crippen LogP contribution in [0, 0.1) is 5.41 Å². The van der Waals surface area contributed by atoms with E-state index in [1.807, 2.05) is 42.5 Å². The lowest BCUT2D eigenvalue weighted by Crippen LogP contribution is -2.16. The Labute approximate surface area is 178 Å². The average molecular weight is 427 g/mol. The van der Waals surface area contributed by atoms with Crippen molar-refractivity contribution < 1.29 is 8.42 Å². The van der Waals surface area contributed by atoms with Crippen molar-refractivity contribution in [3.05, 3.63) is 91.0 Å². The highest BCUT2D eigenvalue weighted by Gasteiger charge is 2.21. The molecule has 0 saturated heterocycles. The van der Waals surface area contributed by atoms with Crippen LogP contribution in [-0.4, -0.2) is 29.0 Å². The standard InChI is InChI=1S/C23H17N5O2S/c24-13-21-20(27-31(29,30)23-15-26-22-7-3-4-10-28(22)23)12-19(14-25-21)18-9-8-16-5-1-2-6-17(16)11-18/h1-15,24,27H. The van der Waals surface area contributed by atoms with Gasteiger partial charge in [0.05, 0.1) is 11.9 Å². The highest BCUT2D eigenvalue weighted by Crippen LogP contribution is 2.28. The molecule has 0 aliphatic carbocycles. The highest BCUT2D eigenvalue weighted by molar-refractivity contribution is 7.92. The molecule has 0 unspecified atom stereocenters. The summed E-state index contributed by atoms with van der Waals surface area (Å²) in [5, 5.41) is 9.84. The number of anilines is 1. The Morgan fingerprint density at radius 2 is 1.68 bits per heavy atom. The molecule has 0 fully saturated rings. The van der Waals surface area contributed by atoms with Gasteiger partial charge in [0.1, 0.15) is 11.3 Å². The zero-order valence-corrected chi connectivity index (χ0v) is 17.0. The first-order chi connectivity index (χ1) is 15.0. The highest BCUT2D eigenvalue weighted by atomic mass is 32.2. The molecule has 0 bridgehead atoms. The molecular weight excluding hydrogens is 410 g/mol. The third kappa shape index (κ3) is 3.43. The van der Waals surface area contributed by atoms with E-state index in [0.717, 1.165) is 28.1 Å². The van der Waals surface area contributed by atoms with Crippen LogP contribution in [0.15, 0.2) is 90.3 Å². The minimum Gasteiger partial charge on any atom is -0.306 e. The Kier molecular flexibility index (Phi) is 4.48. The molecule has 0 aliphatic rings. The summed E-state index contributed by atoms with van der Waals surface area (Å²) in [7, 11) is -3.96. The number of nitrogens with one attached hydrogen (secondary N) is 2. The monoisotopic (exact) mass is 427 g/mol. The van der Waals surface area contributed by atoms with Gasteiger partial charge in [-0.3, -0.25) is 14.1 Å². The number of aromatic nitrogens is 3. The van der Waals surface area contributed by atoms with Crippen LogP contribution in [0.4, 0.5) is 5.69 Å². The number of pyridine rings is 2. The number of nitrogens with zero attached hydrogens (tertiary/aromatic N) is 3. The van der Waals surface area contributed by atoms with Crippen LogP contribution in [0.25, 0.3) is 27.5 Å². The predicted molar refractivity (Wildman–Crippen MR) is 121 cm³/mol. The van der Waals surface area contributed by atoms with Gasteiger partial charge >= 0.3 is 0 Å². The molecule has 5 aromatic rings. The fraction of sp³-hybridized carbons (Fsp3) is 0. The van der Waals surface area contributed by atoms with Gasteiger partial charge in [-0.05, 0) is 40.6 Å². The Hall–Kier alpha value is -4.04. The van der Waals surface area contributed by atoms with E-state index >= 15 is 0 Å². The van der Waals surface area contributed by atoms with E-state index < -0.39 is 10.0 Å². The van der Waals surface area contributed by atoms with Gasteiger partial charge in [-0.15, -0.1) is 0 Å². The number of benzene rings is 2. The molecule has 3 heterocycles. The van der Waals surface area contributed by atoms with E-state index in [-0.39, 0.29) is 16.4 Å². The van der Waals surface area contributed by atoms with E-state index in [4.69, 9.17) is 5.41 Å². The Morgan fingerprint density at radius 3 is 2.52 bits per heavy atom. The predicted octanol–water partition coefficient (Wildman–Crippen LogP) is 4.35. The summed E-state index contributed by atoms with van der Waals surface area (Å²) in [5.41, 5.74) is 2.62. The lowest BCUT2D eigenvalue weighted by molar-refractivity contribution is 0.596. The second-order valence-corrected chi connectivity index (χ2v) is 8.62. The first-order valence-corrected chi connectivity index (χ1v) is 11.0. The van der Waals surface area contributed by atoms with Gasteiger partial charge in [0.25, 0.3) is 10.0 Å². The quantitative estimate of drug-likeness (QED) is 0.407. The van der Waals surface area contributed by atoms with E-state index in [2.05, 4.69) is 14.7 Å². The molecule has 152 valence electrons. The van der Waals surface area contributed by atoms with Crippen LogP contribution in [0.3, 0.4) is 0 Å². The topological polar surface area (TPSA) is 100 Å². The maximum absolute atomic E-state index is 13.1. The van der Waals surface area contributed by atoms with E-state index in [0.29, 0.717) is 5.65 Å². The minimum absolute atomic E-state index is 0.00939. The summed E-state index contributed by atoms with van der Waals surface area (Å²) in [6.45, 7) is 0. The normalized spacial score (nSPS) is 11.6. The van der Waals surface area contributed by atoms with Crippen LogP contribution in [0.2, 0.25) is 0 Å². The molecule has 31 heavy (non-hydrogen) atoms. The largest absolute Gasteiger partial charge is 0.306 e. The van der Waals surface area contributed by atoms with Gasteiger partial charge in [-0.25, -0.2) is 4.98 Å². The lowest BCUT2D eigenvalue weighted by Gasteiger charge is -2.12. The summed E-state index contributed by atoms with van der Waals surface area (Å²) in [5.74, 6) is 0. The molecular formula is C23H17N5O2S. The molecule has 2 N–H and O–H groups in total. The molecule has 7 nitrogen and oxygen atoms in total. The zero-order valence-electron chi connectivity index (χ0n) is 16.2. The maximum Gasteiger partial charge on any atom is 0.279 e. The number of fused-ring (bicyclic) bond motifs is 2. The third-order valence-electron chi connectivity index (χ3n) is 5.04. The molecule has 2 aromatic carbocycles. The van der Waals surface area contributed by atoms with Crippen molar-refractivity contribution in [2.75, 3.05) is 4.72 Å². The smallest absolute Gasteiger partial charge is 0.279 e. The number of rotatable bonds is 5. The summed E-state index contributed by atoms with van der Waals surface area (Å²) in [4.78, 5) is 8.44.